The Morgan fingerprint density at radius 2 is 2.03 bits per heavy atom. The normalized spacial score (nSPS) is 16.5. The summed E-state index contributed by atoms with van der Waals surface area (Å²) in [5.74, 6) is 1.09. The summed E-state index contributed by atoms with van der Waals surface area (Å²) < 4.78 is 11.2. The van der Waals surface area contributed by atoms with E-state index in [0.29, 0.717) is 29.6 Å². The number of nitrogen functional groups attached to an aromatic ring is 1. The summed E-state index contributed by atoms with van der Waals surface area (Å²) in [5, 5.41) is 13.9. The minimum Gasteiger partial charge on any atom is -0.466 e. The summed E-state index contributed by atoms with van der Waals surface area (Å²) >= 11 is 0. The van der Waals surface area contributed by atoms with E-state index in [2.05, 4.69) is 15.3 Å². The molecule has 0 bridgehead atoms. The largest absolute Gasteiger partial charge is 0.466 e. The Balaban J connectivity index is 1.91. The lowest BCUT2D eigenvalue weighted by Gasteiger charge is -2.41. The minimum atomic E-state index is -0.816. The predicted octanol–water partition coefficient (Wildman–Crippen LogP) is 1.58. The third kappa shape index (κ3) is 5.37. The fourth-order valence-corrected chi connectivity index (χ4v) is 3.47. The van der Waals surface area contributed by atoms with Crippen molar-refractivity contribution in [3.05, 3.63) is 42.2 Å². The van der Waals surface area contributed by atoms with Crippen LogP contribution in [0.2, 0.25) is 0 Å². The number of aromatic nitrogens is 2. The van der Waals surface area contributed by atoms with E-state index < -0.39 is 18.3 Å². The molecule has 0 spiro atoms. The van der Waals surface area contributed by atoms with Crippen molar-refractivity contribution in [2.45, 2.75) is 45.1 Å². The van der Waals surface area contributed by atoms with Gasteiger partial charge in [-0.05, 0) is 64.0 Å². The van der Waals surface area contributed by atoms with Gasteiger partial charge in [-0.15, -0.1) is 0 Å². The number of hydrogen-bond donors (Lipinski definition) is 3. The van der Waals surface area contributed by atoms with Crippen LogP contribution in [0.1, 0.15) is 37.0 Å². The molecular formula is C21H29N5O4. The van der Waals surface area contributed by atoms with Gasteiger partial charge in [0, 0.05) is 12.2 Å². The van der Waals surface area contributed by atoms with E-state index in [1.807, 2.05) is 4.90 Å². The number of anilines is 2. The molecule has 2 atom stereocenters. The van der Waals surface area contributed by atoms with E-state index in [-0.39, 0.29) is 6.04 Å². The molecule has 2 aromatic heterocycles. The number of carbonyl (C=O) groups is 1. The van der Waals surface area contributed by atoms with Gasteiger partial charge in [0.05, 0.1) is 18.4 Å². The maximum absolute atomic E-state index is 12.0. The van der Waals surface area contributed by atoms with Crippen LogP contribution in [-0.4, -0.2) is 59.1 Å². The highest BCUT2D eigenvalue weighted by Gasteiger charge is 2.33. The number of piperidine rings is 1. The van der Waals surface area contributed by atoms with Crippen molar-refractivity contribution in [2.75, 3.05) is 30.3 Å². The van der Waals surface area contributed by atoms with Gasteiger partial charge < -0.3 is 30.5 Å². The first kappa shape index (κ1) is 21.8. The smallest absolute Gasteiger partial charge is 0.339 e. The van der Waals surface area contributed by atoms with Crippen LogP contribution in [-0.2, 0) is 4.74 Å². The molecule has 4 N–H and O–H groups in total. The van der Waals surface area contributed by atoms with Gasteiger partial charge in [0.1, 0.15) is 23.5 Å². The van der Waals surface area contributed by atoms with Gasteiger partial charge in [-0.1, -0.05) is 0 Å². The summed E-state index contributed by atoms with van der Waals surface area (Å²) in [7, 11) is 0. The summed E-state index contributed by atoms with van der Waals surface area (Å²) in [5.41, 5.74) is 6.04. The van der Waals surface area contributed by atoms with Crippen LogP contribution in [0.3, 0.4) is 0 Å². The Kier molecular flexibility index (Phi) is 7.42. The third-order valence-corrected chi connectivity index (χ3v) is 4.93. The molecule has 9 heteroatoms. The lowest BCUT2D eigenvalue weighted by molar-refractivity contribution is 0.0382. The molecule has 0 amide bonds. The second-order valence-corrected chi connectivity index (χ2v) is 7.18. The first-order valence-electron chi connectivity index (χ1n) is 10.2. The maximum Gasteiger partial charge on any atom is 0.339 e. The van der Waals surface area contributed by atoms with Gasteiger partial charge in [-0.25, -0.2) is 14.8 Å². The fourth-order valence-electron chi connectivity index (χ4n) is 3.47. The molecule has 1 aliphatic rings. The Bertz CT molecular complexity index is 807. The molecule has 1 aliphatic heterocycles. The van der Waals surface area contributed by atoms with Gasteiger partial charge in [0.2, 0.25) is 0 Å². The lowest BCUT2D eigenvalue weighted by Crippen LogP contribution is -2.55. The predicted molar refractivity (Wildman–Crippen MR) is 113 cm³/mol. The highest BCUT2D eigenvalue weighted by Crippen LogP contribution is 2.27. The number of nitrogens with zero attached hydrogens (tertiary/aromatic N) is 3. The molecule has 162 valence electrons. The number of aliphatic hydroxyl groups is 1. The number of rotatable bonds is 8. The molecule has 1 saturated heterocycles. The van der Waals surface area contributed by atoms with Crippen LogP contribution >= 0.6 is 0 Å². The molecule has 2 aromatic rings. The van der Waals surface area contributed by atoms with Crippen LogP contribution in [0.5, 0.6) is 5.75 Å². The van der Waals surface area contributed by atoms with Crippen LogP contribution in [0, 0.1) is 0 Å². The molecule has 30 heavy (non-hydrogen) atoms. The van der Waals surface area contributed by atoms with Crippen molar-refractivity contribution in [2.24, 2.45) is 0 Å². The average molecular weight is 415 g/mol. The zero-order valence-corrected chi connectivity index (χ0v) is 17.3. The number of nitrogens with two attached hydrogens (primary N) is 1. The second-order valence-electron chi connectivity index (χ2n) is 7.18. The Morgan fingerprint density at radius 1 is 1.27 bits per heavy atom. The van der Waals surface area contributed by atoms with Gasteiger partial charge in [-0.3, -0.25) is 0 Å². The minimum absolute atomic E-state index is 0.105. The maximum atomic E-state index is 12.0. The number of aliphatic hydroxyl groups excluding tert-OH is 1. The zero-order chi connectivity index (χ0) is 21.5. The topological polar surface area (TPSA) is 123 Å². The summed E-state index contributed by atoms with van der Waals surface area (Å²) in [6, 6.07) is 6.91. The molecule has 9 nitrogen and oxygen atoms in total. The molecule has 1 fully saturated rings. The van der Waals surface area contributed by atoms with Gasteiger partial charge in [-0.2, -0.15) is 0 Å². The van der Waals surface area contributed by atoms with Crippen molar-refractivity contribution in [1.82, 2.24) is 15.3 Å². The number of ether oxygens (including phenoxy) is 2. The number of nitrogens with one attached hydrogen (secondary N) is 1. The van der Waals surface area contributed by atoms with Crippen molar-refractivity contribution in [1.29, 1.82) is 0 Å². The average Bonchev–Trinajstić information content (AvgIpc) is 2.76. The first-order valence-corrected chi connectivity index (χ1v) is 10.2. The van der Waals surface area contributed by atoms with Crippen molar-refractivity contribution >= 4 is 17.6 Å². The van der Waals surface area contributed by atoms with Crippen molar-refractivity contribution < 1.29 is 19.4 Å². The third-order valence-electron chi connectivity index (χ3n) is 4.93. The standard InChI is InChI=1S/C21H29N5O4/c1-3-29-21(28)15-4-7-19(25-12-15)26(16-8-10-23-11-9-16)20(14(2)27)30-17-5-6-18(22)24-13-17/h4-7,12-14,16,20,23,27H,3,8-11H2,1-2H3,(H2,22,24). The highest BCUT2D eigenvalue weighted by atomic mass is 16.5. The summed E-state index contributed by atoms with van der Waals surface area (Å²) in [4.78, 5) is 22.5. The van der Waals surface area contributed by atoms with Crippen LogP contribution in [0.15, 0.2) is 36.7 Å². The van der Waals surface area contributed by atoms with E-state index in [1.165, 1.54) is 12.4 Å². The molecule has 0 radical (unpaired) electrons. The van der Waals surface area contributed by atoms with Crippen LogP contribution < -0.4 is 20.7 Å². The van der Waals surface area contributed by atoms with Gasteiger partial charge >= 0.3 is 5.97 Å². The Hall–Kier alpha value is -2.91. The molecule has 0 aliphatic carbocycles. The van der Waals surface area contributed by atoms with Gasteiger partial charge in [0.25, 0.3) is 0 Å². The van der Waals surface area contributed by atoms with E-state index in [4.69, 9.17) is 15.2 Å². The number of pyridine rings is 2. The van der Waals surface area contributed by atoms with Crippen molar-refractivity contribution in [3.8, 4) is 5.75 Å². The molecule has 3 rings (SSSR count). The molecule has 0 saturated carbocycles. The first-order chi connectivity index (χ1) is 14.5. The van der Waals surface area contributed by atoms with E-state index in [0.717, 1.165) is 25.9 Å². The van der Waals surface area contributed by atoms with E-state index >= 15 is 0 Å². The fraction of sp³-hybridized carbons (Fsp3) is 0.476. The van der Waals surface area contributed by atoms with Crippen LogP contribution in [0.25, 0.3) is 0 Å². The zero-order valence-electron chi connectivity index (χ0n) is 17.3. The highest BCUT2D eigenvalue weighted by molar-refractivity contribution is 5.89. The molecule has 2 unspecified atom stereocenters. The molecule has 3 heterocycles. The van der Waals surface area contributed by atoms with E-state index in [9.17, 15) is 9.90 Å². The Labute approximate surface area is 176 Å². The second kappa shape index (κ2) is 10.2. The molecular weight excluding hydrogens is 386 g/mol. The lowest BCUT2D eigenvalue weighted by atomic mass is 10.0. The van der Waals surface area contributed by atoms with Crippen molar-refractivity contribution in [3.63, 3.8) is 0 Å². The SMILES string of the molecule is CCOC(=O)c1ccc(N(C2CCNCC2)C(Oc2ccc(N)nc2)C(C)O)nc1. The number of hydrogen-bond acceptors (Lipinski definition) is 9. The van der Waals surface area contributed by atoms with Gasteiger partial charge in [0.15, 0.2) is 6.23 Å². The van der Waals surface area contributed by atoms with Crippen LogP contribution in [0.4, 0.5) is 11.6 Å². The monoisotopic (exact) mass is 415 g/mol. The number of esters is 1. The molecule has 0 aromatic carbocycles. The quantitative estimate of drug-likeness (QED) is 0.435. The van der Waals surface area contributed by atoms with E-state index in [1.54, 1.807) is 38.1 Å². The Morgan fingerprint density at radius 3 is 2.60 bits per heavy atom. The number of carbonyl (C=O) groups excluding carboxylic acids is 1. The summed E-state index contributed by atoms with van der Waals surface area (Å²) in [6.45, 7) is 5.46. The summed E-state index contributed by atoms with van der Waals surface area (Å²) in [6.07, 6.45) is 3.25.